The van der Waals surface area contributed by atoms with E-state index in [0.29, 0.717) is 36.8 Å². The summed E-state index contributed by atoms with van der Waals surface area (Å²) in [5, 5.41) is 1.40. The molecule has 1 aliphatic rings. The summed E-state index contributed by atoms with van der Waals surface area (Å²) in [6.07, 6.45) is 0.350. The average Bonchev–Trinajstić information content (AvgIpc) is 2.47. The van der Waals surface area contributed by atoms with Crippen LogP contribution >= 0.6 is 11.6 Å². The number of carbonyl (C=O) groups excluding carboxylic acids is 1. The Labute approximate surface area is 127 Å². The zero-order chi connectivity index (χ0) is 15.0. The Kier molecular flexibility index (Phi) is 3.59. The van der Waals surface area contributed by atoms with Gasteiger partial charge in [0.1, 0.15) is 0 Å². The molecule has 0 radical (unpaired) electrons. The number of nitrogen functional groups attached to an aromatic ring is 1. The number of hydrogen-bond acceptors (Lipinski definition) is 4. The largest absolute Gasteiger partial charge is 0.450 e. The number of aromatic nitrogens is 1. The summed E-state index contributed by atoms with van der Waals surface area (Å²) in [4.78, 5) is 18.1. The van der Waals surface area contributed by atoms with Gasteiger partial charge in [-0.3, -0.25) is 4.98 Å². The number of rotatable bonds is 1. The topological polar surface area (TPSA) is 68.5 Å². The normalized spacial score (nSPS) is 14.1. The van der Waals surface area contributed by atoms with Crippen molar-refractivity contribution in [3.8, 4) is 0 Å². The van der Waals surface area contributed by atoms with Crippen LogP contribution in [0.4, 0.5) is 10.5 Å². The van der Waals surface area contributed by atoms with Crippen molar-refractivity contribution in [3.63, 3.8) is 0 Å². The minimum absolute atomic E-state index is 0.310. The number of nitrogens with zero attached hydrogens (tertiary/aromatic N) is 2. The van der Waals surface area contributed by atoms with Crippen molar-refractivity contribution < 1.29 is 9.53 Å². The summed E-state index contributed by atoms with van der Waals surface area (Å²) in [5.74, 6) is 0. The van der Waals surface area contributed by atoms with Gasteiger partial charge in [-0.25, -0.2) is 4.79 Å². The molecule has 6 heteroatoms. The number of nitrogens with two attached hydrogens (primary N) is 1. The number of hydrogen-bond donors (Lipinski definition) is 1. The van der Waals surface area contributed by atoms with E-state index in [1.807, 2.05) is 18.2 Å². The van der Waals surface area contributed by atoms with Gasteiger partial charge in [0.2, 0.25) is 0 Å². The molecule has 0 bridgehead atoms. The Bertz CT molecular complexity index is 718. The third-order valence-electron chi connectivity index (χ3n) is 3.69. The molecule has 0 spiro atoms. The molecule has 0 unspecified atom stereocenters. The van der Waals surface area contributed by atoms with E-state index in [4.69, 9.17) is 22.1 Å². The number of fused-ring (bicyclic) bond motifs is 2. The Morgan fingerprint density at radius 1 is 1.52 bits per heavy atom. The first kappa shape index (κ1) is 13.9. The molecule has 0 saturated heterocycles. The van der Waals surface area contributed by atoms with E-state index in [1.165, 1.54) is 0 Å². The predicted octanol–water partition coefficient (Wildman–Crippen LogP) is 2.99. The summed E-state index contributed by atoms with van der Waals surface area (Å²) >= 11 is 6.22. The Morgan fingerprint density at radius 2 is 2.33 bits per heavy atom. The third kappa shape index (κ3) is 2.38. The van der Waals surface area contributed by atoms with E-state index >= 15 is 0 Å². The average molecular weight is 306 g/mol. The van der Waals surface area contributed by atoms with E-state index in [9.17, 15) is 4.79 Å². The highest BCUT2D eigenvalue weighted by Crippen LogP contribution is 2.34. The van der Waals surface area contributed by atoms with Crippen LogP contribution in [0.25, 0.3) is 10.9 Å². The fraction of sp³-hybridized carbons (Fsp3) is 0.333. The number of carbonyl (C=O) groups is 1. The second-order valence-electron chi connectivity index (χ2n) is 4.96. The van der Waals surface area contributed by atoms with E-state index in [1.54, 1.807) is 11.8 Å². The van der Waals surface area contributed by atoms with Gasteiger partial charge in [-0.1, -0.05) is 17.7 Å². The van der Waals surface area contributed by atoms with Gasteiger partial charge in [0.25, 0.3) is 0 Å². The van der Waals surface area contributed by atoms with Crippen LogP contribution in [0.5, 0.6) is 0 Å². The summed E-state index contributed by atoms with van der Waals surface area (Å²) in [6, 6.07) is 5.53. The van der Waals surface area contributed by atoms with Crippen LogP contribution in [0.2, 0.25) is 5.02 Å². The molecule has 1 aliphatic heterocycles. The van der Waals surface area contributed by atoms with Gasteiger partial charge in [-0.2, -0.15) is 0 Å². The molecule has 2 heterocycles. The van der Waals surface area contributed by atoms with Crippen molar-refractivity contribution in [2.24, 2.45) is 0 Å². The highest BCUT2D eigenvalue weighted by molar-refractivity contribution is 6.36. The molecule has 2 aromatic rings. The number of anilines is 1. The van der Waals surface area contributed by atoms with Gasteiger partial charge < -0.3 is 15.4 Å². The quantitative estimate of drug-likeness (QED) is 0.879. The Morgan fingerprint density at radius 3 is 3.10 bits per heavy atom. The minimum atomic E-state index is -0.310. The predicted molar refractivity (Wildman–Crippen MR) is 82.3 cm³/mol. The number of ether oxygens (including phenoxy) is 1. The van der Waals surface area contributed by atoms with Crippen molar-refractivity contribution in [3.05, 3.63) is 34.5 Å². The van der Waals surface area contributed by atoms with Crippen molar-refractivity contribution in [1.82, 2.24) is 9.88 Å². The summed E-state index contributed by atoms with van der Waals surface area (Å²) in [5.41, 5.74) is 9.49. The van der Waals surface area contributed by atoms with Crippen LogP contribution in [-0.2, 0) is 17.7 Å². The molecular weight excluding hydrogens is 290 g/mol. The maximum atomic E-state index is 11.8. The molecule has 0 atom stereocenters. The molecule has 21 heavy (non-hydrogen) atoms. The van der Waals surface area contributed by atoms with Gasteiger partial charge in [-0.05, 0) is 25.5 Å². The lowest BCUT2D eigenvalue weighted by Gasteiger charge is -2.28. The van der Waals surface area contributed by atoms with E-state index in [-0.39, 0.29) is 6.09 Å². The Balaban J connectivity index is 2.04. The van der Waals surface area contributed by atoms with Crippen LogP contribution in [0, 0.1) is 0 Å². The van der Waals surface area contributed by atoms with Gasteiger partial charge in [-0.15, -0.1) is 0 Å². The molecule has 3 rings (SSSR count). The summed E-state index contributed by atoms with van der Waals surface area (Å²) in [6.45, 7) is 3.15. The zero-order valence-electron chi connectivity index (χ0n) is 11.7. The van der Waals surface area contributed by atoms with E-state index in [0.717, 1.165) is 22.2 Å². The highest BCUT2D eigenvalue weighted by Gasteiger charge is 2.25. The van der Waals surface area contributed by atoms with Crippen molar-refractivity contribution >= 4 is 34.3 Å². The van der Waals surface area contributed by atoms with Gasteiger partial charge in [0.05, 0.1) is 29.4 Å². The SMILES string of the molecule is CCOC(=O)N1CCc2c(nc3cccc(Cl)c3c2N)C1. The van der Waals surface area contributed by atoms with Crippen LogP contribution < -0.4 is 5.73 Å². The first-order valence-electron chi connectivity index (χ1n) is 6.89. The number of amides is 1. The smallest absolute Gasteiger partial charge is 0.410 e. The zero-order valence-corrected chi connectivity index (χ0v) is 12.5. The summed E-state index contributed by atoms with van der Waals surface area (Å²) < 4.78 is 5.04. The highest BCUT2D eigenvalue weighted by atomic mass is 35.5. The van der Waals surface area contributed by atoms with Crippen molar-refractivity contribution in [1.29, 1.82) is 0 Å². The van der Waals surface area contributed by atoms with Gasteiger partial charge >= 0.3 is 6.09 Å². The molecule has 0 aliphatic carbocycles. The summed E-state index contributed by atoms with van der Waals surface area (Å²) in [7, 11) is 0. The van der Waals surface area contributed by atoms with Crippen LogP contribution in [0.3, 0.4) is 0 Å². The molecule has 2 N–H and O–H groups in total. The first-order valence-corrected chi connectivity index (χ1v) is 7.26. The molecular formula is C15H16ClN3O2. The van der Waals surface area contributed by atoms with Crippen LogP contribution in [-0.4, -0.2) is 29.1 Å². The number of benzene rings is 1. The Hall–Kier alpha value is -2.01. The van der Waals surface area contributed by atoms with E-state index in [2.05, 4.69) is 4.98 Å². The fourth-order valence-electron chi connectivity index (χ4n) is 2.68. The monoisotopic (exact) mass is 305 g/mol. The van der Waals surface area contributed by atoms with Crippen LogP contribution in [0.1, 0.15) is 18.2 Å². The fourth-order valence-corrected chi connectivity index (χ4v) is 2.95. The molecule has 0 fully saturated rings. The second-order valence-corrected chi connectivity index (χ2v) is 5.36. The molecule has 1 amide bonds. The van der Waals surface area contributed by atoms with E-state index < -0.39 is 0 Å². The second kappa shape index (κ2) is 5.41. The molecule has 1 aromatic carbocycles. The number of halogens is 1. The lowest BCUT2D eigenvalue weighted by atomic mass is 10.00. The number of pyridine rings is 1. The maximum absolute atomic E-state index is 11.8. The van der Waals surface area contributed by atoms with Crippen molar-refractivity contribution in [2.75, 3.05) is 18.9 Å². The van der Waals surface area contributed by atoms with Crippen LogP contribution in [0.15, 0.2) is 18.2 Å². The van der Waals surface area contributed by atoms with Gasteiger partial charge in [0, 0.05) is 23.2 Å². The van der Waals surface area contributed by atoms with Crippen molar-refractivity contribution in [2.45, 2.75) is 19.9 Å². The standard InChI is InChI=1S/C15H16ClN3O2/c1-2-21-15(20)19-7-6-9-12(8-19)18-11-5-3-4-10(16)13(11)14(9)17/h3-5H,2,6-8H2,1H3,(H2,17,18). The third-order valence-corrected chi connectivity index (χ3v) is 4.00. The lowest BCUT2D eigenvalue weighted by Crippen LogP contribution is -2.37. The molecule has 0 saturated carbocycles. The lowest BCUT2D eigenvalue weighted by molar-refractivity contribution is 0.102. The first-order chi connectivity index (χ1) is 10.1. The molecule has 5 nitrogen and oxygen atoms in total. The maximum Gasteiger partial charge on any atom is 0.410 e. The minimum Gasteiger partial charge on any atom is -0.450 e. The van der Waals surface area contributed by atoms with Gasteiger partial charge in [0.15, 0.2) is 0 Å². The molecule has 1 aromatic heterocycles. The molecule has 110 valence electrons.